The zero-order valence-electron chi connectivity index (χ0n) is 7.81. The molecule has 1 aromatic rings. The number of hydrogen-bond donors (Lipinski definition) is 1. The van der Waals surface area contributed by atoms with Crippen molar-refractivity contribution in [1.82, 2.24) is 5.32 Å². The fourth-order valence-corrected chi connectivity index (χ4v) is 1.62. The third-order valence-corrected chi connectivity index (χ3v) is 2.22. The van der Waals surface area contributed by atoms with Gasteiger partial charge in [0.05, 0.1) is 0 Å². The van der Waals surface area contributed by atoms with Crippen molar-refractivity contribution in [3.8, 4) is 0 Å². The maximum absolute atomic E-state index is 11.6. The van der Waals surface area contributed by atoms with Gasteiger partial charge in [-0.25, -0.2) is 0 Å². The number of hydrogen-bond acceptors (Lipinski definition) is 2. The Morgan fingerprint density at radius 1 is 1.29 bits per heavy atom. The van der Waals surface area contributed by atoms with Gasteiger partial charge in [-0.1, -0.05) is 23.2 Å². The Kier molecular flexibility index (Phi) is 4.39. The van der Waals surface area contributed by atoms with E-state index in [-0.39, 0.29) is 5.78 Å². The molecule has 0 saturated carbocycles. The Morgan fingerprint density at radius 3 is 2.36 bits per heavy atom. The summed E-state index contributed by atoms with van der Waals surface area (Å²) in [6, 6.07) is 4.87. The van der Waals surface area contributed by atoms with Crippen LogP contribution in [0.1, 0.15) is 16.8 Å². The van der Waals surface area contributed by atoms with Crippen LogP contribution in [0.25, 0.3) is 0 Å². The molecule has 0 radical (unpaired) electrons. The first-order valence-electron chi connectivity index (χ1n) is 4.27. The van der Waals surface area contributed by atoms with Crippen LogP contribution in [0.2, 0.25) is 10.0 Å². The lowest BCUT2D eigenvalue weighted by atomic mass is 10.1. The van der Waals surface area contributed by atoms with Crippen LogP contribution in [0.5, 0.6) is 0 Å². The summed E-state index contributed by atoms with van der Waals surface area (Å²) in [5.74, 6) is 0.0451. The molecule has 2 nitrogen and oxygen atoms in total. The van der Waals surface area contributed by atoms with Gasteiger partial charge in [-0.2, -0.15) is 0 Å². The maximum Gasteiger partial charge on any atom is 0.164 e. The minimum Gasteiger partial charge on any atom is -0.319 e. The van der Waals surface area contributed by atoms with Crippen molar-refractivity contribution >= 4 is 29.0 Å². The number of carbonyl (C=O) groups excluding carboxylic acids is 1. The third kappa shape index (κ3) is 3.29. The van der Waals surface area contributed by atoms with Crippen molar-refractivity contribution in [2.45, 2.75) is 6.42 Å². The van der Waals surface area contributed by atoms with Crippen LogP contribution in [0.3, 0.4) is 0 Å². The van der Waals surface area contributed by atoms with Gasteiger partial charge < -0.3 is 5.32 Å². The van der Waals surface area contributed by atoms with Crippen molar-refractivity contribution in [3.63, 3.8) is 0 Å². The molecule has 0 saturated heterocycles. The van der Waals surface area contributed by atoms with Gasteiger partial charge in [0, 0.05) is 28.6 Å². The van der Waals surface area contributed by atoms with E-state index in [0.29, 0.717) is 28.6 Å². The van der Waals surface area contributed by atoms with Gasteiger partial charge in [-0.3, -0.25) is 4.79 Å². The summed E-state index contributed by atoms with van der Waals surface area (Å²) >= 11 is 11.6. The highest BCUT2D eigenvalue weighted by Crippen LogP contribution is 2.19. The van der Waals surface area contributed by atoms with Crippen molar-refractivity contribution in [3.05, 3.63) is 33.8 Å². The fraction of sp³-hybridized carbons (Fsp3) is 0.300. The summed E-state index contributed by atoms with van der Waals surface area (Å²) in [5, 5.41) is 3.89. The predicted molar refractivity (Wildman–Crippen MR) is 59.3 cm³/mol. The summed E-state index contributed by atoms with van der Waals surface area (Å²) < 4.78 is 0. The van der Waals surface area contributed by atoms with E-state index in [1.807, 2.05) is 0 Å². The molecular formula is C10H11Cl2NO. The molecule has 1 N–H and O–H groups in total. The van der Waals surface area contributed by atoms with Crippen LogP contribution in [-0.2, 0) is 0 Å². The molecule has 76 valence electrons. The zero-order chi connectivity index (χ0) is 10.6. The molecule has 0 aliphatic carbocycles. The summed E-state index contributed by atoms with van der Waals surface area (Å²) in [7, 11) is 1.80. The molecule has 0 atom stereocenters. The maximum atomic E-state index is 11.6. The zero-order valence-corrected chi connectivity index (χ0v) is 9.32. The highest BCUT2D eigenvalue weighted by atomic mass is 35.5. The Balaban J connectivity index is 2.79. The predicted octanol–water partition coefficient (Wildman–Crippen LogP) is 2.79. The fourth-order valence-electron chi connectivity index (χ4n) is 1.10. The molecular weight excluding hydrogens is 221 g/mol. The molecule has 0 aliphatic rings. The van der Waals surface area contributed by atoms with Gasteiger partial charge in [0.2, 0.25) is 0 Å². The number of ketones is 1. The summed E-state index contributed by atoms with van der Waals surface area (Å²) in [4.78, 5) is 11.6. The van der Waals surface area contributed by atoms with Crippen molar-refractivity contribution in [2.24, 2.45) is 0 Å². The second-order valence-corrected chi connectivity index (χ2v) is 3.81. The van der Waals surface area contributed by atoms with Gasteiger partial charge >= 0.3 is 0 Å². The standard InChI is InChI=1S/C10H11Cl2NO/c1-13-3-2-10(14)7-4-8(11)6-9(12)5-7/h4-6,13H,2-3H2,1H3. The quantitative estimate of drug-likeness (QED) is 0.808. The van der Waals surface area contributed by atoms with Crippen LogP contribution < -0.4 is 5.32 Å². The second kappa shape index (κ2) is 5.35. The first-order chi connectivity index (χ1) is 6.63. The average Bonchev–Trinajstić information content (AvgIpc) is 2.12. The minimum atomic E-state index is 0.0451. The van der Waals surface area contributed by atoms with Crippen molar-refractivity contribution in [1.29, 1.82) is 0 Å². The largest absolute Gasteiger partial charge is 0.319 e. The monoisotopic (exact) mass is 231 g/mol. The summed E-state index contributed by atoms with van der Waals surface area (Å²) in [5.41, 5.74) is 0.567. The van der Waals surface area contributed by atoms with Crippen LogP contribution in [0, 0.1) is 0 Å². The van der Waals surface area contributed by atoms with E-state index in [0.717, 1.165) is 0 Å². The molecule has 0 aromatic heterocycles. The smallest absolute Gasteiger partial charge is 0.164 e. The van der Waals surface area contributed by atoms with Crippen molar-refractivity contribution < 1.29 is 4.79 Å². The average molecular weight is 232 g/mol. The van der Waals surface area contributed by atoms with E-state index >= 15 is 0 Å². The van der Waals surface area contributed by atoms with E-state index in [1.54, 1.807) is 25.2 Å². The molecule has 1 aromatic carbocycles. The van der Waals surface area contributed by atoms with Crippen molar-refractivity contribution in [2.75, 3.05) is 13.6 Å². The van der Waals surface area contributed by atoms with Gasteiger partial charge in [0.1, 0.15) is 0 Å². The lowest BCUT2D eigenvalue weighted by molar-refractivity contribution is 0.0983. The molecule has 1 rings (SSSR count). The number of benzene rings is 1. The van der Waals surface area contributed by atoms with E-state index in [9.17, 15) is 4.79 Å². The normalized spacial score (nSPS) is 10.2. The minimum absolute atomic E-state index is 0.0451. The molecule has 0 heterocycles. The molecule has 14 heavy (non-hydrogen) atoms. The van der Waals surface area contributed by atoms with Crippen LogP contribution >= 0.6 is 23.2 Å². The number of Topliss-reactive ketones (excluding diaryl/α,β-unsaturated/α-hetero) is 1. The first kappa shape index (κ1) is 11.5. The van der Waals surface area contributed by atoms with Gasteiger partial charge in [-0.05, 0) is 25.2 Å². The SMILES string of the molecule is CNCCC(=O)c1cc(Cl)cc(Cl)c1. The Hall–Kier alpha value is -0.570. The molecule has 0 spiro atoms. The molecule has 4 heteroatoms. The summed E-state index contributed by atoms with van der Waals surface area (Å²) in [6.07, 6.45) is 0.452. The second-order valence-electron chi connectivity index (χ2n) is 2.93. The Bertz CT molecular complexity index is 319. The third-order valence-electron chi connectivity index (χ3n) is 1.79. The Morgan fingerprint density at radius 2 is 1.86 bits per heavy atom. The number of rotatable bonds is 4. The topological polar surface area (TPSA) is 29.1 Å². The molecule has 0 bridgehead atoms. The number of nitrogens with one attached hydrogen (secondary N) is 1. The van der Waals surface area contributed by atoms with Crippen LogP contribution in [-0.4, -0.2) is 19.4 Å². The molecule has 0 aliphatic heterocycles. The lowest BCUT2D eigenvalue weighted by Crippen LogP contribution is -2.13. The summed E-state index contributed by atoms with van der Waals surface area (Å²) in [6.45, 7) is 0.656. The number of halogens is 2. The van der Waals surface area contributed by atoms with Gasteiger partial charge in [0.25, 0.3) is 0 Å². The van der Waals surface area contributed by atoms with Gasteiger partial charge in [0.15, 0.2) is 5.78 Å². The van der Waals surface area contributed by atoms with E-state index < -0.39 is 0 Å². The Labute approximate surface area is 93.2 Å². The highest BCUT2D eigenvalue weighted by Gasteiger charge is 2.06. The molecule has 0 fully saturated rings. The van der Waals surface area contributed by atoms with Crippen LogP contribution in [0.4, 0.5) is 0 Å². The number of carbonyl (C=O) groups is 1. The van der Waals surface area contributed by atoms with E-state index in [1.165, 1.54) is 0 Å². The van der Waals surface area contributed by atoms with Gasteiger partial charge in [-0.15, -0.1) is 0 Å². The molecule has 0 amide bonds. The highest BCUT2D eigenvalue weighted by molar-refractivity contribution is 6.35. The van der Waals surface area contributed by atoms with Crippen LogP contribution in [0.15, 0.2) is 18.2 Å². The first-order valence-corrected chi connectivity index (χ1v) is 5.03. The van der Waals surface area contributed by atoms with E-state index in [4.69, 9.17) is 23.2 Å². The van der Waals surface area contributed by atoms with E-state index in [2.05, 4.69) is 5.32 Å². The molecule has 0 unspecified atom stereocenters. The lowest BCUT2D eigenvalue weighted by Gasteiger charge is -2.02.